The minimum atomic E-state index is -0.518. The molecular weight excluding hydrogens is 230 g/mol. The van der Waals surface area contributed by atoms with Crippen LogP contribution in [0.2, 0.25) is 0 Å². The second-order valence-corrected chi connectivity index (χ2v) is 4.67. The molecule has 18 heavy (non-hydrogen) atoms. The van der Waals surface area contributed by atoms with Gasteiger partial charge in [0.05, 0.1) is 19.3 Å². The summed E-state index contributed by atoms with van der Waals surface area (Å²) in [6.45, 7) is 4.26. The average Bonchev–Trinajstić information content (AvgIpc) is 2.67. The van der Waals surface area contributed by atoms with Gasteiger partial charge in [0.2, 0.25) is 0 Å². The van der Waals surface area contributed by atoms with Crippen LogP contribution in [0.5, 0.6) is 5.75 Å². The Hall–Kier alpha value is -1.55. The molecule has 1 aromatic rings. The van der Waals surface area contributed by atoms with E-state index in [1.165, 1.54) is 0 Å². The molecule has 1 amide bonds. The van der Waals surface area contributed by atoms with Crippen molar-refractivity contribution < 1.29 is 14.6 Å². The number of aliphatic hydroxyl groups excluding tert-OH is 1. The van der Waals surface area contributed by atoms with Gasteiger partial charge < -0.3 is 14.7 Å². The number of rotatable bonds is 4. The molecular formula is C14H19NO3. The second kappa shape index (κ2) is 4.98. The Balaban J connectivity index is 2.29. The van der Waals surface area contributed by atoms with Gasteiger partial charge in [-0.3, -0.25) is 4.79 Å². The fourth-order valence-corrected chi connectivity index (χ4v) is 2.54. The highest BCUT2D eigenvalue weighted by atomic mass is 16.5. The molecule has 0 saturated carbocycles. The van der Waals surface area contributed by atoms with Crippen molar-refractivity contribution in [3.05, 3.63) is 29.3 Å². The van der Waals surface area contributed by atoms with Crippen molar-refractivity contribution in [1.82, 2.24) is 4.90 Å². The third-order valence-corrected chi connectivity index (χ3v) is 3.52. The molecule has 1 aliphatic rings. The molecule has 1 N–H and O–H groups in total. The maximum absolute atomic E-state index is 12.3. The van der Waals surface area contributed by atoms with E-state index < -0.39 is 6.10 Å². The molecule has 1 aliphatic heterocycles. The van der Waals surface area contributed by atoms with Gasteiger partial charge in [-0.2, -0.15) is 0 Å². The molecule has 0 aromatic heterocycles. The molecule has 0 radical (unpaired) electrons. The lowest BCUT2D eigenvalue weighted by Gasteiger charge is -2.29. The van der Waals surface area contributed by atoms with Crippen molar-refractivity contribution in [2.45, 2.75) is 39.0 Å². The number of carbonyl (C=O) groups is 1. The number of hydrogen-bond donors (Lipinski definition) is 1. The summed E-state index contributed by atoms with van der Waals surface area (Å²) in [7, 11) is 1.61. The van der Waals surface area contributed by atoms with Crippen LogP contribution in [-0.4, -0.2) is 35.2 Å². The highest BCUT2D eigenvalue weighted by Crippen LogP contribution is 2.29. The third kappa shape index (κ3) is 2.08. The third-order valence-electron chi connectivity index (χ3n) is 3.52. The maximum atomic E-state index is 12.3. The first kappa shape index (κ1) is 12.9. The van der Waals surface area contributed by atoms with Crippen LogP contribution in [-0.2, 0) is 6.54 Å². The summed E-state index contributed by atoms with van der Waals surface area (Å²) >= 11 is 0. The van der Waals surface area contributed by atoms with E-state index in [0.29, 0.717) is 6.54 Å². The Labute approximate surface area is 107 Å². The van der Waals surface area contributed by atoms with Crippen LogP contribution >= 0.6 is 0 Å². The van der Waals surface area contributed by atoms with Gasteiger partial charge in [-0.15, -0.1) is 0 Å². The molecule has 0 bridgehead atoms. The van der Waals surface area contributed by atoms with Gasteiger partial charge in [-0.1, -0.05) is 6.92 Å². The van der Waals surface area contributed by atoms with E-state index in [-0.39, 0.29) is 11.9 Å². The number of fused-ring (bicyclic) bond motifs is 1. The van der Waals surface area contributed by atoms with Gasteiger partial charge in [0.25, 0.3) is 5.91 Å². The van der Waals surface area contributed by atoms with Crippen molar-refractivity contribution in [1.29, 1.82) is 0 Å². The van der Waals surface area contributed by atoms with Crippen LogP contribution in [0.1, 0.15) is 36.2 Å². The summed E-state index contributed by atoms with van der Waals surface area (Å²) in [5.74, 6) is 0.758. The maximum Gasteiger partial charge on any atom is 0.254 e. The molecule has 2 unspecified atom stereocenters. The zero-order chi connectivity index (χ0) is 13.3. The SMILES string of the molecule is CCC(C(C)O)N1Cc2cc(OC)ccc2C1=O. The Morgan fingerprint density at radius 2 is 2.22 bits per heavy atom. The molecule has 98 valence electrons. The van der Waals surface area contributed by atoms with E-state index in [4.69, 9.17) is 4.74 Å². The van der Waals surface area contributed by atoms with Gasteiger partial charge in [0.15, 0.2) is 0 Å². The minimum Gasteiger partial charge on any atom is -0.497 e. The highest BCUT2D eigenvalue weighted by Gasteiger charge is 2.33. The Morgan fingerprint density at radius 1 is 1.50 bits per heavy atom. The summed E-state index contributed by atoms with van der Waals surface area (Å²) in [5, 5.41) is 9.75. The van der Waals surface area contributed by atoms with Gasteiger partial charge >= 0.3 is 0 Å². The van der Waals surface area contributed by atoms with E-state index in [1.54, 1.807) is 31.1 Å². The highest BCUT2D eigenvalue weighted by molar-refractivity contribution is 5.98. The molecule has 1 heterocycles. The first-order valence-corrected chi connectivity index (χ1v) is 6.24. The van der Waals surface area contributed by atoms with Crippen molar-refractivity contribution in [2.75, 3.05) is 7.11 Å². The Kier molecular flexibility index (Phi) is 3.57. The second-order valence-electron chi connectivity index (χ2n) is 4.67. The zero-order valence-corrected chi connectivity index (χ0v) is 11.0. The summed E-state index contributed by atoms with van der Waals surface area (Å²) in [5.41, 5.74) is 1.69. The lowest BCUT2D eigenvalue weighted by atomic mass is 10.1. The van der Waals surface area contributed by atoms with Crippen molar-refractivity contribution in [3.8, 4) is 5.75 Å². The van der Waals surface area contributed by atoms with Gasteiger partial charge in [-0.05, 0) is 37.1 Å². The monoisotopic (exact) mass is 249 g/mol. The lowest BCUT2D eigenvalue weighted by Crippen LogP contribution is -2.42. The van der Waals surface area contributed by atoms with E-state index >= 15 is 0 Å². The number of aliphatic hydroxyl groups is 1. The van der Waals surface area contributed by atoms with Crippen LogP contribution in [0, 0.1) is 0 Å². The number of amides is 1. The van der Waals surface area contributed by atoms with Crippen LogP contribution in [0.4, 0.5) is 0 Å². The van der Waals surface area contributed by atoms with E-state index in [1.807, 2.05) is 13.0 Å². The molecule has 2 rings (SSSR count). The van der Waals surface area contributed by atoms with Crippen molar-refractivity contribution in [2.24, 2.45) is 0 Å². The first-order valence-electron chi connectivity index (χ1n) is 6.24. The number of carbonyl (C=O) groups excluding carboxylic acids is 1. The van der Waals surface area contributed by atoms with Crippen LogP contribution in [0.3, 0.4) is 0 Å². The number of benzene rings is 1. The van der Waals surface area contributed by atoms with Gasteiger partial charge in [0, 0.05) is 12.1 Å². The van der Waals surface area contributed by atoms with Crippen LogP contribution in [0.25, 0.3) is 0 Å². The Morgan fingerprint density at radius 3 is 2.78 bits per heavy atom. The van der Waals surface area contributed by atoms with E-state index in [0.717, 1.165) is 23.3 Å². The first-order chi connectivity index (χ1) is 8.58. The quantitative estimate of drug-likeness (QED) is 0.885. The van der Waals surface area contributed by atoms with Crippen LogP contribution in [0.15, 0.2) is 18.2 Å². The smallest absolute Gasteiger partial charge is 0.254 e. The van der Waals surface area contributed by atoms with E-state index in [2.05, 4.69) is 0 Å². The molecule has 1 aromatic carbocycles. The summed E-state index contributed by atoms with van der Waals surface area (Å²) in [4.78, 5) is 14.0. The molecule has 0 fully saturated rings. The molecule has 4 nitrogen and oxygen atoms in total. The standard InChI is InChI=1S/C14H19NO3/c1-4-13(9(2)16)15-8-10-7-11(18-3)5-6-12(10)14(15)17/h5-7,9,13,16H,4,8H2,1-3H3. The molecule has 0 spiro atoms. The lowest BCUT2D eigenvalue weighted by molar-refractivity contribution is 0.0419. The Bertz CT molecular complexity index is 456. The number of nitrogens with zero attached hydrogens (tertiary/aromatic N) is 1. The van der Waals surface area contributed by atoms with E-state index in [9.17, 15) is 9.90 Å². The predicted molar refractivity (Wildman–Crippen MR) is 68.6 cm³/mol. The topological polar surface area (TPSA) is 49.8 Å². The normalized spacial score (nSPS) is 17.6. The molecule has 2 atom stereocenters. The minimum absolute atomic E-state index is 0.000373. The molecule has 0 aliphatic carbocycles. The summed E-state index contributed by atoms with van der Waals surface area (Å²) in [6.07, 6.45) is 0.226. The van der Waals surface area contributed by atoms with Crippen molar-refractivity contribution >= 4 is 5.91 Å². The number of methoxy groups -OCH3 is 1. The summed E-state index contributed by atoms with van der Waals surface area (Å²) < 4.78 is 5.16. The molecule has 0 saturated heterocycles. The van der Waals surface area contributed by atoms with Crippen LogP contribution < -0.4 is 4.74 Å². The van der Waals surface area contributed by atoms with Gasteiger partial charge in [-0.25, -0.2) is 0 Å². The van der Waals surface area contributed by atoms with Gasteiger partial charge in [0.1, 0.15) is 5.75 Å². The fourth-order valence-electron chi connectivity index (χ4n) is 2.54. The fraction of sp³-hybridized carbons (Fsp3) is 0.500. The summed E-state index contributed by atoms with van der Waals surface area (Å²) in [6, 6.07) is 5.35. The number of hydrogen-bond acceptors (Lipinski definition) is 3. The largest absolute Gasteiger partial charge is 0.497 e. The van der Waals surface area contributed by atoms with Crippen molar-refractivity contribution in [3.63, 3.8) is 0 Å². The predicted octanol–water partition coefficient (Wildman–Crippen LogP) is 1.81. The zero-order valence-electron chi connectivity index (χ0n) is 11.0. The molecule has 4 heteroatoms. The average molecular weight is 249 g/mol. The number of ether oxygens (including phenoxy) is 1.